The Labute approximate surface area is 141 Å². The van der Waals surface area contributed by atoms with E-state index in [1.165, 1.54) is 6.08 Å². The highest BCUT2D eigenvalue weighted by atomic mass is 35.5. The Bertz CT molecular complexity index is 608. The third-order valence-corrected chi connectivity index (χ3v) is 4.25. The maximum atomic E-state index is 12.3. The molecular formula is C17H21ClN2O3. The van der Waals surface area contributed by atoms with Gasteiger partial charge in [0.1, 0.15) is 5.75 Å². The average Bonchev–Trinajstić information content (AvgIpc) is 2.53. The van der Waals surface area contributed by atoms with Gasteiger partial charge < -0.3 is 15.4 Å². The Morgan fingerprint density at radius 2 is 2.09 bits per heavy atom. The number of piperidine rings is 1. The summed E-state index contributed by atoms with van der Waals surface area (Å²) < 4.78 is 5.25. The molecule has 23 heavy (non-hydrogen) atoms. The SMILES string of the molecule is COc1ccc(Cl)cc1C=CC(=O)N1CCC(CC(N)=O)CC1. The van der Waals surface area contributed by atoms with Crippen LogP contribution in [-0.4, -0.2) is 36.9 Å². The zero-order valence-electron chi connectivity index (χ0n) is 13.1. The fraction of sp³-hybridized carbons (Fsp3) is 0.412. The Balaban J connectivity index is 1.95. The number of hydrogen-bond donors (Lipinski definition) is 1. The molecule has 6 heteroatoms. The van der Waals surface area contributed by atoms with Crippen LogP contribution in [0.2, 0.25) is 5.02 Å². The topological polar surface area (TPSA) is 72.6 Å². The van der Waals surface area contributed by atoms with Crippen LogP contribution in [-0.2, 0) is 9.59 Å². The zero-order valence-corrected chi connectivity index (χ0v) is 13.9. The number of benzene rings is 1. The smallest absolute Gasteiger partial charge is 0.246 e. The number of methoxy groups -OCH3 is 1. The molecule has 0 unspecified atom stereocenters. The minimum atomic E-state index is -0.275. The van der Waals surface area contributed by atoms with Crippen molar-refractivity contribution in [3.8, 4) is 5.75 Å². The predicted molar refractivity (Wildman–Crippen MR) is 90.2 cm³/mol. The molecule has 2 rings (SSSR count). The molecule has 0 radical (unpaired) electrons. The van der Waals surface area contributed by atoms with Crippen LogP contribution in [0.1, 0.15) is 24.8 Å². The van der Waals surface area contributed by atoms with Crippen molar-refractivity contribution in [1.29, 1.82) is 0 Å². The van der Waals surface area contributed by atoms with Gasteiger partial charge in [0.25, 0.3) is 0 Å². The van der Waals surface area contributed by atoms with Gasteiger partial charge in [-0.1, -0.05) is 11.6 Å². The molecule has 1 fully saturated rings. The number of carbonyl (C=O) groups is 2. The summed E-state index contributed by atoms with van der Waals surface area (Å²) in [5.41, 5.74) is 5.98. The molecule has 1 saturated heterocycles. The zero-order chi connectivity index (χ0) is 16.8. The van der Waals surface area contributed by atoms with Crippen LogP contribution >= 0.6 is 11.6 Å². The van der Waals surface area contributed by atoms with Crippen molar-refractivity contribution in [2.75, 3.05) is 20.2 Å². The lowest BCUT2D eigenvalue weighted by Crippen LogP contribution is -2.38. The van der Waals surface area contributed by atoms with Crippen LogP contribution < -0.4 is 10.5 Å². The van der Waals surface area contributed by atoms with E-state index in [0.717, 1.165) is 18.4 Å². The second kappa shape index (κ2) is 8.02. The van der Waals surface area contributed by atoms with Crippen molar-refractivity contribution >= 4 is 29.5 Å². The molecule has 0 atom stereocenters. The first-order chi connectivity index (χ1) is 11.0. The Kier molecular flexibility index (Phi) is 6.04. The first kappa shape index (κ1) is 17.3. The molecule has 1 aliphatic rings. The standard InChI is InChI=1S/C17H21ClN2O3/c1-23-15-4-3-14(18)11-13(15)2-5-17(22)20-8-6-12(7-9-20)10-16(19)21/h2-5,11-12H,6-10H2,1H3,(H2,19,21). The highest BCUT2D eigenvalue weighted by Gasteiger charge is 2.22. The first-order valence-corrected chi connectivity index (χ1v) is 7.96. The van der Waals surface area contributed by atoms with Gasteiger partial charge in [0.15, 0.2) is 0 Å². The maximum Gasteiger partial charge on any atom is 0.246 e. The van der Waals surface area contributed by atoms with E-state index in [4.69, 9.17) is 22.1 Å². The summed E-state index contributed by atoms with van der Waals surface area (Å²) in [7, 11) is 1.58. The number of nitrogens with two attached hydrogens (primary N) is 1. The lowest BCUT2D eigenvalue weighted by Gasteiger charge is -2.30. The number of rotatable bonds is 5. The molecule has 0 aromatic heterocycles. The molecule has 2 N–H and O–H groups in total. The van der Waals surface area contributed by atoms with Crippen LogP contribution in [0, 0.1) is 5.92 Å². The van der Waals surface area contributed by atoms with E-state index in [9.17, 15) is 9.59 Å². The van der Waals surface area contributed by atoms with Crippen molar-refractivity contribution in [2.24, 2.45) is 11.7 Å². The summed E-state index contributed by atoms with van der Waals surface area (Å²) in [5.74, 6) is 0.624. The fourth-order valence-corrected chi connectivity index (χ4v) is 2.92. The summed E-state index contributed by atoms with van der Waals surface area (Å²) in [4.78, 5) is 25.0. The second-order valence-electron chi connectivity index (χ2n) is 5.66. The second-order valence-corrected chi connectivity index (χ2v) is 6.10. The number of likely N-dealkylation sites (tertiary alicyclic amines) is 1. The van der Waals surface area contributed by atoms with Crippen LogP contribution in [0.5, 0.6) is 5.75 Å². The van der Waals surface area contributed by atoms with Gasteiger partial charge in [-0.25, -0.2) is 0 Å². The van der Waals surface area contributed by atoms with E-state index >= 15 is 0 Å². The highest BCUT2D eigenvalue weighted by molar-refractivity contribution is 6.30. The molecule has 1 aliphatic heterocycles. The first-order valence-electron chi connectivity index (χ1n) is 7.58. The minimum absolute atomic E-state index is 0.0513. The lowest BCUT2D eigenvalue weighted by atomic mass is 9.93. The number of nitrogens with zero attached hydrogens (tertiary/aromatic N) is 1. The predicted octanol–water partition coefficient (Wildman–Crippen LogP) is 2.48. The van der Waals surface area contributed by atoms with Gasteiger partial charge in [0.2, 0.25) is 11.8 Å². The highest BCUT2D eigenvalue weighted by Crippen LogP contribution is 2.24. The number of primary amides is 1. The third kappa shape index (κ3) is 4.99. The summed E-state index contributed by atoms with van der Waals surface area (Å²) >= 11 is 5.97. The molecule has 0 aliphatic carbocycles. The molecule has 1 heterocycles. The third-order valence-electron chi connectivity index (χ3n) is 4.01. The van der Waals surface area contributed by atoms with E-state index < -0.39 is 0 Å². The Morgan fingerprint density at radius 1 is 1.39 bits per heavy atom. The molecular weight excluding hydrogens is 316 g/mol. The van der Waals surface area contributed by atoms with Gasteiger partial charge >= 0.3 is 0 Å². The van der Waals surface area contributed by atoms with E-state index in [1.54, 1.807) is 36.3 Å². The van der Waals surface area contributed by atoms with Crippen molar-refractivity contribution in [2.45, 2.75) is 19.3 Å². The number of ether oxygens (including phenoxy) is 1. The minimum Gasteiger partial charge on any atom is -0.496 e. The van der Waals surface area contributed by atoms with Gasteiger partial charge in [-0.05, 0) is 43.0 Å². The summed E-state index contributed by atoms with van der Waals surface area (Å²) in [5, 5.41) is 0.588. The molecule has 2 amide bonds. The van der Waals surface area contributed by atoms with Crippen molar-refractivity contribution in [1.82, 2.24) is 4.90 Å². The number of hydrogen-bond acceptors (Lipinski definition) is 3. The summed E-state index contributed by atoms with van der Waals surface area (Å²) in [6, 6.07) is 5.26. The average molecular weight is 337 g/mol. The van der Waals surface area contributed by atoms with Crippen LogP contribution in [0.4, 0.5) is 0 Å². The van der Waals surface area contributed by atoms with Gasteiger partial charge in [-0.15, -0.1) is 0 Å². The van der Waals surface area contributed by atoms with Gasteiger partial charge in [0, 0.05) is 36.2 Å². The van der Waals surface area contributed by atoms with E-state index in [-0.39, 0.29) is 17.7 Å². The Hall–Kier alpha value is -2.01. The summed E-state index contributed by atoms with van der Waals surface area (Å²) in [6.07, 6.45) is 5.26. The van der Waals surface area contributed by atoms with Crippen LogP contribution in [0.25, 0.3) is 6.08 Å². The number of halogens is 1. The molecule has 124 valence electrons. The molecule has 0 spiro atoms. The fourth-order valence-electron chi connectivity index (χ4n) is 2.74. The van der Waals surface area contributed by atoms with Crippen molar-refractivity contribution < 1.29 is 14.3 Å². The largest absolute Gasteiger partial charge is 0.496 e. The monoisotopic (exact) mass is 336 g/mol. The number of carbonyl (C=O) groups excluding carboxylic acids is 2. The molecule has 1 aromatic carbocycles. The normalized spacial score (nSPS) is 15.8. The van der Waals surface area contributed by atoms with Gasteiger partial charge in [0.05, 0.1) is 7.11 Å². The van der Waals surface area contributed by atoms with Gasteiger partial charge in [-0.3, -0.25) is 9.59 Å². The summed E-state index contributed by atoms with van der Waals surface area (Å²) in [6.45, 7) is 1.29. The molecule has 0 bridgehead atoms. The van der Waals surface area contributed by atoms with E-state index in [2.05, 4.69) is 0 Å². The maximum absolute atomic E-state index is 12.3. The van der Waals surface area contributed by atoms with E-state index in [1.807, 2.05) is 0 Å². The van der Waals surface area contributed by atoms with Crippen LogP contribution in [0.3, 0.4) is 0 Å². The molecule has 5 nitrogen and oxygen atoms in total. The Morgan fingerprint density at radius 3 is 2.70 bits per heavy atom. The molecule has 1 aromatic rings. The quantitative estimate of drug-likeness (QED) is 0.839. The van der Waals surface area contributed by atoms with E-state index in [0.29, 0.717) is 30.3 Å². The molecule has 0 saturated carbocycles. The van der Waals surface area contributed by atoms with Crippen LogP contribution in [0.15, 0.2) is 24.3 Å². The number of amides is 2. The lowest BCUT2D eigenvalue weighted by molar-refractivity contribution is -0.127. The van der Waals surface area contributed by atoms with Crippen molar-refractivity contribution in [3.63, 3.8) is 0 Å². The van der Waals surface area contributed by atoms with Gasteiger partial charge in [-0.2, -0.15) is 0 Å². The van der Waals surface area contributed by atoms with Crippen molar-refractivity contribution in [3.05, 3.63) is 34.9 Å².